The summed E-state index contributed by atoms with van der Waals surface area (Å²) in [4.78, 5) is 0. The van der Waals surface area contributed by atoms with Crippen LogP contribution in [0.15, 0.2) is 218 Å². The maximum absolute atomic E-state index is 11.3. The monoisotopic (exact) mass is 926 g/mol. The molecule has 2 heterocycles. The van der Waals surface area contributed by atoms with Crippen LogP contribution in [-0.2, 0) is 10.1 Å². The van der Waals surface area contributed by atoms with Gasteiger partial charge in [0.15, 0.2) is 0 Å². The lowest BCUT2D eigenvalue weighted by Gasteiger charge is -2.43. The Morgan fingerprint density at radius 1 is 0.329 bits per heavy atom. The van der Waals surface area contributed by atoms with Crippen LogP contribution in [-0.4, -0.2) is 27.2 Å². The molecule has 0 fully saturated rings. The molecule has 0 radical (unpaired) electrons. The lowest BCUT2D eigenvalue weighted by molar-refractivity contribution is 0.565. The largest absolute Gasteiger partial charge is 0.192 e. The predicted molar refractivity (Wildman–Crippen MR) is 288 cm³/mol. The van der Waals surface area contributed by atoms with E-state index in [9.17, 15) is 21.0 Å². The summed E-state index contributed by atoms with van der Waals surface area (Å²) in [6.07, 6.45) is 1.17. The van der Waals surface area contributed by atoms with E-state index in [1.807, 2.05) is 72.8 Å². The summed E-state index contributed by atoms with van der Waals surface area (Å²) < 4.78 is 0. The van der Waals surface area contributed by atoms with Gasteiger partial charge in [0, 0.05) is 26.9 Å². The molecule has 2 unspecified atom stereocenters. The van der Waals surface area contributed by atoms with Crippen molar-refractivity contribution in [2.75, 3.05) is 0 Å². The molecule has 0 spiro atoms. The molecule has 10 rings (SSSR count). The Morgan fingerprint density at radius 3 is 0.929 bits per heavy atom. The van der Waals surface area contributed by atoms with E-state index in [4.69, 9.17) is 0 Å². The number of benzene rings is 8. The molecule has 0 amide bonds. The van der Waals surface area contributed by atoms with E-state index in [1.165, 1.54) is 0 Å². The second-order valence-corrected chi connectivity index (χ2v) is 23.1. The zero-order valence-corrected chi connectivity index (χ0v) is 41.0. The van der Waals surface area contributed by atoms with Gasteiger partial charge in [-0.1, -0.05) is 207 Å². The lowest BCUT2D eigenvalue weighted by Crippen LogP contribution is -2.43. The summed E-state index contributed by atoms with van der Waals surface area (Å²) in [6, 6.07) is 85.2. The molecule has 4 nitrogen and oxygen atoms in total. The van der Waals surface area contributed by atoms with Gasteiger partial charge in [-0.05, 0) is 114 Å². The minimum absolute atomic E-state index is 0.586. The van der Waals surface area contributed by atoms with Crippen LogP contribution in [0.2, 0.25) is 13.1 Å². The highest BCUT2D eigenvalue weighted by molar-refractivity contribution is 6.89. The Labute approximate surface area is 413 Å². The van der Waals surface area contributed by atoms with Crippen molar-refractivity contribution in [3.8, 4) is 24.3 Å². The minimum atomic E-state index is -1.89. The summed E-state index contributed by atoms with van der Waals surface area (Å²) in [5.74, 6) is 0. The standard InChI is InChI=1S/C64H46N4Si2/c1-69-61(53-35-19-15-31-49(53)41-65)57(45-23-7-3-8-24-45)59(47-27-11-5-12-28-47)63(69,55-37-21-17-33-51(55)43-67)39-40-64(56-38-22-18-34-52(56)44-68)60(48-29-13-6-14-30-48)58(46-25-9-4-10-26-46)62(70(64)2)54-36-20-16-32-50(54)42-66/h3-38H,39-40H2,1-2H3. The molecule has 330 valence electrons. The average molecular weight is 927 g/mol. The number of rotatable bonds is 11. The van der Waals surface area contributed by atoms with E-state index in [0.29, 0.717) is 35.1 Å². The molecule has 0 bridgehead atoms. The molecule has 8 aromatic carbocycles. The van der Waals surface area contributed by atoms with Crippen LogP contribution in [0.3, 0.4) is 0 Å². The first-order valence-electron chi connectivity index (χ1n) is 23.6. The zero-order valence-electron chi connectivity index (χ0n) is 39.0. The van der Waals surface area contributed by atoms with E-state index >= 15 is 0 Å². The first kappa shape index (κ1) is 45.2. The van der Waals surface area contributed by atoms with Gasteiger partial charge in [0.25, 0.3) is 0 Å². The maximum atomic E-state index is 11.3. The van der Waals surface area contributed by atoms with E-state index in [2.05, 4.69) is 183 Å². The highest BCUT2D eigenvalue weighted by atomic mass is 28.2. The van der Waals surface area contributed by atoms with Crippen LogP contribution < -0.4 is 0 Å². The summed E-state index contributed by atoms with van der Waals surface area (Å²) in [7, 11) is -3.77. The smallest absolute Gasteiger partial charge is 0.0998 e. The SMILES string of the molecule is C[Si]1=C(c2ccccc2C#N)C(c2ccccc2)=C(c2ccccc2)C1(CCC1(c2ccccc2C#N)C(c2ccccc2)=C(c2ccccc2)C(c2ccccc2C#N)=[Si]1C)c1ccccc1C#N. The van der Waals surface area contributed by atoms with Gasteiger partial charge < -0.3 is 0 Å². The Balaban J connectivity index is 1.40. The topological polar surface area (TPSA) is 95.2 Å². The summed E-state index contributed by atoms with van der Waals surface area (Å²) in [6.45, 7) is 4.79. The van der Waals surface area contributed by atoms with Crippen LogP contribution in [0.5, 0.6) is 0 Å². The molecule has 8 aromatic rings. The number of hydrogen-bond donors (Lipinski definition) is 0. The van der Waals surface area contributed by atoms with Crippen LogP contribution in [0.1, 0.15) is 79.6 Å². The third-order valence-corrected chi connectivity index (χ3v) is 21.3. The van der Waals surface area contributed by atoms with Crippen LogP contribution in [0.25, 0.3) is 22.3 Å². The molecule has 0 aromatic heterocycles. The Kier molecular flexibility index (Phi) is 12.4. The van der Waals surface area contributed by atoms with E-state index in [-0.39, 0.29) is 0 Å². The highest BCUT2D eigenvalue weighted by Crippen LogP contribution is 2.58. The fourth-order valence-corrected chi connectivity index (χ4v) is 18.7. The molecule has 2 atom stereocenters. The van der Waals surface area contributed by atoms with E-state index in [1.54, 1.807) is 0 Å². The van der Waals surface area contributed by atoms with Crippen molar-refractivity contribution in [3.63, 3.8) is 0 Å². The number of nitriles is 4. The fourth-order valence-electron chi connectivity index (χ4n) is 11.8. The van der Waals surface area contributed by atoms with Gasteiger partial charge in [-0.25, -0.2) is 0 Å². The van der Waals surface area contributed by atoms with Crippen LogP contribution in [0, 0.1) is 45.3 Å². The number of allylic oxidation sites excluding steroid dienone is 4. The predicted octanol–water partition coefficient (Wildman–Crippen LogP) is 13.3. The fraction of sp³-hybridized carbons (Fsp3) is 0.0938. The van der Waals surface area contributed by atoms with Gasteiger partial charge in [-0.15, -0.1) is 0 Å². The molecule has 0 N–H and O–H groups in total. The van der Waals surface area contributed by atoms with Crippen molar-refractivity contribution in [3.05, 3.63) is 285 Å². The summed E-state index contributed by atoms with van der Waals surface area (Å²) >= 11 is 0. The normalized spacial score (nSPS) is 17.5. The highest BCUT2D eigenvalue weighted by Gasteiger charge is 2.54. The van der Waals surface area contributed by atoms with Crippen molar-refractivity contribution in [1.82, 2.24) is 0 Å². The second-order valence-electron chi connectivity index (χ2n) is 17.9. The molecule has 70 heavy (non-hydrogen) atoms. The molecule has 2 aliphatic heterocycles. The average Bonchev–Trinajstić information content (AvgIpc) is 3.85. The van der Waals surface area contributed by atoms with Gasteiger partial charge in [0.05, 0.1) is 46.5 Å². The number of nitrogens with zero attached hydrogens (tertiary/aromatic N) is 4. The zero-order chi connectivity index (χ0) is 48.2. The third-order valence-electron chi connectivity index (χ3n) is 14.7. The molecular formula is C64H46N4Si2. The van der Waals surface area contributed by atoms with Crippen molar-refractivity contribution in [1.29, 1.82) is 21.0 Å². The number of hydrogen-bond acceptors (Lipinski definition) is 4. The van der Waals surface area contributed by atoms with Gasteiger partial charge in [-0.2, -0.15) is 21.0 Å². The molecule has 6 heteroatoms. The van der Waals surface area contributed by atoms with Crippen LogP contribution in [0.4, 0.5) is 0 Å². The van der Waals surface area contributed by atoms with E-state index in [0.717, 1.165) is 77.1 Å². The Morgan fingerprint density at radius 2 is 0.600 bits per heavy atom. The molecule has 0 saturated heterocycles. The van der Waals surface area contributed by atoms with Crippen molar-refractivity contribution < 1.29 is 0 Å². The Hall–Kier alpha value is -8.63. The van der Waals surface area contributed by atoms with E-state index < -0.39 is 26.9 Å². The van der Waals surface area contributed by atoms with Gasteiger partial charge in [0.1, 0.15) is 0 Å². The molecule has 2 aliphatic rings. The second kappa shape index (κ2) is 19.2. The summed E-state index contributed by atoms with van der Waals surface area (Å²) in [5, 5.41) is 45.1. The first-order chi connectivity index (χ1) is 34.4. The Bertz CT molecular complexity index is 3410. The van der Waals surface area contributed by atoms with Crippen LogP contribution >= 0.6 is 0 Å². The van der Waals surface area contributed by atoms with Gasteiger partial charge in [-0.3, -0.25) is 0 Å². The first-order valence-corrected chi connectivity index (χ1v) is 27.6. The van der Waals surface area contributed by atoms with Gasteiger partial charge in [0.2, 0.25) is 0 Å². The lowest BCUT2D eigenvalue weighted by atomic mass is 9.71. The quantitative estimate of drug-likeness (QED) is 0.121. The van der Waals surface area contributed by atoms with Crippen molar-refractivity contribution in [2.24, 2.45) is 0 Å². The summed E-state index contributed by atoms with van der Waals surface area (Å²) in [5.41, 5.74) is 14.9. The minimum Gasteiger partial charge on any atom is -0.192 e. The molecular weight excluding hydrogens is 881 g/mol. The third kappa shape index (κ3) is 7.31. The molecule has 0 aliphatic carbocycles. The van der Waals surface area contributed by atoms with Crippen molar-refractivity contribution in [2.45, 2.75) is 36.0 Å². The maximum Gasteiger partial charge on any atom is 0.0998 e. The van der Waals surface area contributed by atoms with Gasteiger partial charge >= 0.3 is 0 Å². The molecule has 0 saturated carbocycles. The van der Waals surface area contributed by atoms with Crippen molar-refractivity contribution >= 4 is 49.4 Å².